The van der Waals surface area contributed by atoms with Gasteiger partial charge in [0.15, 0.2) is 6.10 Å². The van der Waals surface area contributed by atoms with E-state index < -0.39 is 6.10 Å². The van der Waals surface area contributed by atoms with Gasteiger partial charge in [0.2, 0.25) is 0 Å². The summed E-state index contributed by atoms with van der Waals surface area (Å²) in [6, 6.07) is 0. The van der Waals surface area contributed by atoms with E-state index in [9.17, 15) is 14.4 Å². The molecule has 0 radical (unpaired) electrons. The Morgan fingerprint density at radius 1 is 0.259 bits per heavy atom. The van der Waals surface area contributed by atoms with Crippen LogP contribution in [0.25, 0.3) is 0 Å². The normalized spacial score (nSPS) is 12.8. The maximum Gasteiger partial charge on any atom is 0.306 e. The first-order chi connectivity index (χ1) is 40.0. The summed E-state index contributed by atoms with van der Waals surface area (Å²) in [6.45, 7) is 6.49. The highest BCUT2D eigenvalue weighted by Gasteiger charge is 2.19. The molecule has 1 atom stereocenters. The summed E-state index contributed by atoms with van der Waals surface area (Å²) in [5, 5.41) is 0. The van der Waals surface area contributed by atoms with Crippen LogP contribution in [0.1, 0.15) is 329 Å². The smallest absolute Gasteiger partial charge is 0.306 e. The first-order valence-corrected chi connectivity index (χ1v) is 34.4. The van der Waals surface area contributed by atoms with E-state index in [1.807, 2.05) is 0 Å². The van der Waals surface area contributed by atoms with Gasteiger partial charge in [-0.3, -0.25) is 14.4 Å². The first kappa shape index (κ1) is 77.1. The van der Waals surface area contributed by atoms with Gasteiger partial charge in [-0.05, 0) is 122 Å². The average Bonchev–Trinajstić information content (AvgIpc) is 3.47. The molecular weight excluding hydrogens is 997 g/mol. The van der Waals surface area contributed by atoms with E-state index in [-0.39, 0.29) is 31.1 Å². The first-order valence-electron chi connectivity index (χ1n) is 34.4. The molecule has 0 aromatic heterocycles. The van der Waals surface area contributed by atoms with Gasteiger partial charge in [0.05, 0.1) is 0 Å². The van der Waals surface area contributed by atoms with E-state index in [1.165, 1.54) is 173 Å². The number of hydrogen-bond acceptors (Lipinski definition) is 6. The second-order valence-electron chi connectivity index (χ2n) is 22.7. The highest BCUT2D eigenvalue weighted by atomic mass is 16.6. The van der Waals surface area contributed by atoms with Crippen molar-refractivity contribution in [2.45, 2.75) is 335 Å². The molecule has 0 bridgehead atoms. The molecular formula is C75H128O6. The van der Waals surface area contributed by atoms with Gasteiger partial charge >= 0.3 is 17.9 Å². The molecule has 0 aliphatic rings. The molecule has 81 heavy (non-hydrogen) atoms. The summed E-state index contributed by atoms with van der Waals surface area (Å²) in [5.74, 6) is -0.892. The fourth-order valence-corrected chi connectivity index (χ4v) is 9.58. The number of carbonyl (C=O) groups is 3. The zero-order valence-electron chi connectivity index (χ0n) is 53.3. The molecule has 0 aliphatic carbocycles. The van der Waals surface area contributed by atoms with Crippen LogP contribution in [0.5, 0.6) is 0 Å². The summed E-state index contributed by atoms with van der Waals surface area (Å²) in [5.41, 5.74) is 0. The van der Waals surface area contributed by atoms with Gasteiger partial charge in [-0.2, -0.15) is 0 Å². The van der Waals surface area contributed by atoms with E-state index in [0.717, 1.165) is 116 Å². The second kappa shape index (κ2) is 68.6. The van der Waals surface area contributed by atoms with Gasteiger partial charge in [0.25, 0.3) is 0 Å². The van der Waals surface area contributed by atoms with Crippen LogP contribution in [0.4, 0.5) is 0 Å². The number of unbranched alkanes of at least 4 members (excludes halogenated alkanes) is 33. The maximum atomic E-state index is 12.9. The molecule has 0 fully saturated rings. The van der Waals surface area contributed by atoms with E-state index >= 15 is 0 Å². The van der Waals surface area contributed by atoms with Crippen molar-refractivity contribution in [2.75, 3.05) is 13.2 Å². The summed E-state index contributed by atoms with van der Waals surface area (Å²) in [7, 11) is 0. The number of hydrogen-bond donors (Lipinski definition) is 0. The van der Waals surface area contributed by atoms with Crippen molar-refractivity contribution in [3.63, 3.8) is 0 Å². The number of esters is 3. The van der Waals surface area contributed by atoms with Crippen LogP contribution in [0, 0.1) is 0 Å². The predicted octanol–water partition coefficient (Wildman–Crippen LogP) is 23.8. The fraction of sp³-hybridized carbons (Fsp3) is 0.720. The topological polar surface area (TPSA) is 78.9 Å². The van der Waals surface area contributed by atoms with E-state index in [1.54, 1.807) is 0 Å². The van der Waals surface area contributed by atoms with Crippen LogP contribution in [0.15, 0.2) is 109 Å². The Hall–Kier alpha value is -3.93. The third-order valence-electron chi connectivity index (χ3n) is 14.7. The second-order valence-corrected chi connectivity index (χ2v) is 22.7. The molecule has 6 nitrogen and oxygen atoms in total. The molecule has 0 aliphatic heterocycles. The summed E-state index contributed by atoms with van der Waals surface area (Å²) in [4.78, 5) is 38.3. The SMILES string of the molecule is CC/C=C\C/C=C\C/C=C\C/C=C\C/C=C\CCCCCCCCCCCCCCCC(=O)OCC(COC(=O)CCCCCCC/C=C\CCCC)OC(=O)CCCCCCCCCC/C=C\C/C=C\C/C=C\CCCCCCC. The summed E-state index contributed by atoms with van der Waals surface area (Å²) in [6.07, 6.45) is 94.0. The largest absolute Gasteiger partial charge is 0.462 e. The van der Waals surface area contributed by atoms with Crippen LogP contribution >= 0.6 is 0 Å². The molecule has 0 heterocycles. The standard InChI is InChI=1S/C75H128O6/c1-4-7-10-13-16-19-22-24-26-28-30-32-34-35-36-37-38-39-41-42-44-46-48-50-53-56-59-62-65-68-74(77)80-71-72(70-79-73(76)67-64-61-58-55-52-21-18-15-12-9-6-3)81-75(78)69-66-63-60-57-54-51-49-47-45-43-40-33-31-29-27-25-23-20-17-14-11-8-5-2/h7,10,15-16,18-19,23-26,29-32,35-36,40,43,72H,4-6,8-9,11-14,17,20-22,27-28,33-34,37-39,41-42,44-71H2,1-3H3/b10-7-,18-15-,19-16-,25-23-,26-24-,31-29-,32-30-,36-35-,43-40-. The number of carbonyl (C=O) groups excluding carboxylic acids is 3. The Kier molecular flexibility index (Phi) is 65.2. The monoisotopic (exact) mass is 1120 g/mol. The lowest BCUT2D eigenvalue weighted by Crippen LogP contribution is -2.30. The maximum absolute atomic E-state index is 12.9. The van der Waals surface area contributed by atoms with Gasteiger partial charge < -0.3 is 14.2 Å². The Labute approximate surface area is 501 Å². The third kappa shape index (κ3) is 66.8. The molecule has 0 aromatic rings. The molecule has 0 saturated carbocycles. The van der Waals surface area contributed by atoms with Crippen molar-refractivity contribution in [1.82, 2.24) is 0 Å². The zero-order chi connectivity index (χ0) is 58.5. The molecule has 0 rings (SSSR count). The van der Waals surface area contributed by atoms with Crippen molar-refractivity contribution >= 4 is 17.9 Å². The molecule has 1 unspecified atom stereocenters. The lowest BCUT2D eigenvalue weighted by Gasteiger charge is -2.18. The van der Waals surface area contributed by atoms with Gasteiger partial charge in [0, 0.05) is 19.3 Å². The fourth-order valence-electron chi connectivity index (χ4n) is 9.58. The molecule has 0 spiro atoms. The lowest BCUT2D eigenvalue weighted by atomic mass is 10.0. The molecule has 0 saturated heterocycles. The Morgan fingerprint density at radius 2 is 0.494 bits per heavy atom. The number of rotatable bonds is 62. The van der Waals surface area contributed by atoms with E-state index in [0.29, 0.717) is 19.3 Å². The van der Waals surface area contributed by atoms with Gasteiger partial charge in [0.1, 0.15) is 13.2 Å². The third-order valence-corrected chi connectivity index (χ3v) is 14.7. The van der Waals surface area contributed by atoms with E-state index in [4.69, 9.17) is 14.2 Å². The summed E-state index contributed by atoms with van der Waals surface area (Å²) < 4.78 is 16.9. The van der Waals surface area contributed by atoms with Crippen LogP contribution in [-0.2, 0) is 28.6 Å². The quantitative estimate of drug-likeness (QED) is 0.0261. The van der Waals surface area contributed by atoms with E-state index in [2.05, 4.69) is 130 Å². The summed E-state index contributed by atoms with van der Waals surface area (Å²) >= 11 is 0. The van der Waals surface area contributed by atoms with Gasteiger partial charge in [-0.1, -0.05) is 297 Å². The highest BCUT2D eigenvalue weighted by Crippen LogP contribution is 2.16. The minimum atomic E-state index is -0.788. The van der Waals surface area contributed by atoms with Crippen molar-refractivity contribution < 1.29 is 28.6 Å². The molecule has 6 heteroatoms. The Balaban J connectivity index is 4.25. The van der Waals surface area contributed by atoms with Gasteiger partial charge in [-0.25, -0.2) is 0 Å². The Morgan fingerprint density at radius 3 is 0.802 bits per heavy atom. The number of allylic oxidation sites excluding steroid dienone is 18. The lowest BCUT2D eigenvalue weighted by molar-refractivity contribution is -0.167. The van der Waals surface area contributed by atoms with Crippen LogP contribution in [-0.4, -0.2) is 37.2 Å². The van der Waals surface area contributed by atoms with Crippen molar-refractivity contribution in [3.05, 3.63) is 109 Å². The highest BCUT2D eigenvalue weighted by molar-refractivity contribution is 5.71. The minimum Gasteiger partial charge on any atom is -0.462 e. The zero-order valence-corrected chi connectivity index (χ0v) is 53.3. The molecule has 0 N–H and O–H groups in total. The average molecular weight is 1130 g/mol. The van der Waals surface area contributed by atoms with Crippen LogP contribution in [0.3, 0.4) is 0 Å². The predicted molar refractivity (Wildman–Crippen MR) is 353 cm³/mol. The van der Waals surface area contributed by atoms with Gasteiger partial charge in [-0.15, -0.1) is 0 Å². The molecule has 0 aromatic carbocycles. The minimum absolute atomic E-state index is 0.0834. The van der Waals surface area contributed by atoms with Crippen molar-refractivity contribution in [2.24, 2.45) is 0 Å². The number of ether oxygens (including phenoxy) is 3. The molecule has 464 valence electrons. The van der Waals surface area contributed by atoms with Crippen LogP contribution in [0.2, 0.25) is 0 Å². The van der Waals surface area contributed by atoms with Crippen molar-refractivity contribution in [1.29, 1.82) is 0 Å². The molecule has 0 amide bonds. The van der Waals surface area contributed by atoms with Crippen molar-refractivity contribution in [3.8, 4) is 0 Å². The van der Waals surface area contributed by atoms with Crippen LogP contribution < -0.4 is 0 Å². The Bertz CT molecular complexity index is 1620.